The molecule has 0 amide bonds. The van der Waals surface area contributed by atoms with Crippen molar-refractivity contribution in [2.24, 2.45) is 0 Å². The van der Waals surface area contributed by atoms with Gasteiger partial charge < -0.3 is 4.57 Å². The number of halogens is 1. The van der Waals surface area contributed by atoms with Crippen molar-refractivity contribution in [2.75, 3.05) is 0 Å². The summed E-state index contributed by atoms with van der Waals surface area (Å²) in [6.07, 6.45) is 0.904. The lowest BCUT2D eigenvalue weighted by molar-refractivity contribution is 0.629. The summed E-state index contributed by atoms with van der Waals surface area (Å²) in [6, 6.07) is 41.9. The molecule has 0 spiro atoms. The second-order valence-electron chi connectivity index (χ2n) is 10.8. The van der Waals surface area contributed by atoms with E-state index in [-0.39, 0.29) is 5.82 Å². The van der Waals surface area contributed by atoms with Gasteiger partial charge >= 0.3 is 0 Å². The van der Waals surface area contributed by atoms with E-state index < -0.39 is 0 Å². The lowest BCUT2D eigenvalue weighted by Gasteiger charge is -2.23. The third-order valence-electron chi connectivity index (χ3n) is 8.24. The van der Waals surface area contributed by atoms with Crippen LogP contribution < -0.4 is 0 Å². The van der Waals surface area contributed by atoms with Crippen LogP contribution in [0.2, 0.25) is 0 Å². The standard InChI is InChI=1S/C37H26FNS/c1-23-18-33-35(36-30-14-8-9-15-34(30)40-37(23)36)31-22-28(38)16-17-32(31)39(33)29-20-26(24-10-4-2-5-11-24)19-27(21-29)25-12-6-3-7-13-25/h2-17,19-23H,18H2,1H3. The van der Waals surface area contributed by atoms with E-state index in [0.717, 1.165) is 23.0 Å². The molecule has 1 aliphatic rings. The second kappa shape index (κ2) is 9.04. The van der Waals surface area contributed by atoms with Crippen LogP contribution in [0.1, 0.15) is 23.4 Å². The molecular formula is C37H26FNS. The van der Waals surface area contributed by atoms with Crippen molar-refractivity contribution in [2.45, 2.75) is 19.3 Å². The molecule has 2 heterocycles. The molecule has 3 heteroatoms. The van der Waals surface area contributed by atoms with Crippen molar-refractivity contribution in [1.29, 1.82) is 0 Å². The molecular weight excluding hydrogens is 509 g/mol. The van der Waals surface area contributed by atoms with Gasteiger partial charge in [-0.25, -0.2) is 4.39 Å². The molecule has 0 aliphatic heterocycles. The quantitative estimate of drug-likeness (QED) is 0.212. The van der Waals surface area contributed by atoms with Gasteiger partial charge in [-0.1, -0.05) is 85.8 Å². The van der Waals surface area contributed by atoms with E-state index >= 15 is 0 Å². The number of hydrogen-bond acceptors (Lipinski definition) is 1. The Morgan fingerprint density at radius 3 is 2.00 bits per heavy atom. The van der Waals surface area contributed by atoms with Crippen LogP contribution in [0.4, 0.5) is 4.39 Å². The summed E-state index contributed by atoms with van der Waals surface area (Å²) in [7, 11) is 0. The molecule has 0 fully saturated rings. The third-order valence-corrected chi connectivity index (χ3v) is 9.64. The van der Waals surface area contributed by atoms with Crippen LogP contribution in [0.5, 0.6) is 0 Å². The average molecular weight is 536 g/mol. The van der Waals surface area contributed by atoms with Gasteiger partial charge in [0.15, 0.2) is 0 Å². The number of rotatable bonds is 3. The van der Waals surface area contributed by atoms with Crippen molar-refractivity contribution in [3.8, 4) is 39.1 Å². The fraction of sp³-hybridized carbons (Fsp3) is 0.0811. The van der Waals surface area contributed by atoms with Crippen LogP contribution in [-0.4, -0.2) is 4.57 Å². The smallest absolute Gasteiger partial charge is 0.123 e. The first-order valence-corrected chi connectivity index (χ1v) is 14.6. The zero-order chi connectivity index (χ0) is 26.8. The number of benzene rings is 5. The Bertz CT molecular complexity index is 1990. The second-order valence-corrected chi connectivity index (χ2v) is 11.8. The van der Waals surface area contributed by atoms with Gasteiger partial charge in [-0.2, -0.15) is 0 Å². The topological polar surface area (TPSA) is 4.93 Å². The fourth-order valence-electron chi connectivity index (χ4n) is 6.47. The number of thiophene rings is 1. The molecule has 0 saturated carbocycles. The lowest BCUT2D eigenvalue weighted by Crippen LogP contribution is -2.10. The Balaban J connectivity index is 1.47. The van der Waals surface area contributed by atoms with Gasteiger partial charge in [0.1, 0.15) is 5.82 Å². The van der Waals surface area contributed by atoms with E-state index in [1.54, 1.807) is 12.1 Å². The molecule has 2 aromatic heterocycles. The van der Waals surface area contributed by atoms with E-state index in [0.29, 0.717) is 5.92 Å². The van der Waals surface area contributed by atoms with Gasteiger partial charge in [-0.15, -0.1) is 11.3 Å². The zero-order valence-electron chi connectivity index (χ0n) is 22.1. The largest absolute Gasteiger partial charge is 0.313 e. The van der Waals surface area contributed by atoms with Gasteiger partial charge in [0, 0.05) is 42.9 Å². The highest BCUT2D eigenvalue weighted by Crippen LogP contribution is 2.52. The Kier molecular flexibility index (Phi) is 5.29. The van der Waals surface area contributed by atoms with Crippen molar-refractivity contribution in [3.05, 3.63) is 138 Å². The van der Waals surface area contributed by atoms with Crippen LogP contribution in [0.25, 0.3) is 60.1 Å². The average Bonchev–Trinajstić information content (AvgIpc) is 3.54. The first-order chi connectivity index (χ1) is 19.7. The minimum atomic E-state index is -0.199. The maximum Gasteiger partial charge on any atom is 0.123 e. The van der Waals surface area contributed by atoms with E-state index in [1.165, 1.54) is 54.0 Å². The summed E-state index contributed by atoms with van der Waals surface area (Å²) in [6.45, 7) is 2.33. The summed E-state index contributed by atoms with van der Waals surface area (Å²) in [5, 5.41) is 2.25. The first-order valence-electron chi connectivity index (χ1n) is 13.8. The predicted octanol–water partition coefficient (Wildman–Crippen LogP) is 10.6. The molecule has 192 valence electrons. The summed E-state index contributed by atoms with van der Waals surface area (Å²) < 4.78 is 18.6. The molecule has 0 bridgehead atoms. The minimum Gasteiger partial charge on any atom is -0.313 e. The summed E-state index contributed by atoms with van der Waals surface area (Å²) in [5.74, 6) is 0.175. The monoisotopic (exact) mass is 535 g/mol. The number of fused-ring (bicyclic) bond motifs is 7. The third kappa shape index (κ3) is 3.58. The zero-order valence-corrected chi connectivity index (χ0v) is 22.9. The van der Waals surface area contributed by atoms with Gasteiger partial charge in [-0.05, 0) is 77.1 Å². The Morgan fingerprint density at radius 1 is 0.650 bits per heavy atom. The molecule has 1 unspecified atom stereocenters. The number of hydrogen-bond donors (Lipinski definition) is 0. The highest BCUT2D eigenvalue weighted by molar-refractivity contribution is 7.19. The molecule has 1 atom stereocenters. The molecule has 5 aromatic carbocycles. The van der Waals surface area contributed by atoms with Crippen LogP contribution in [0, 0.1) is 5.82 Å². The highest BCUT2D eigenvalue weighted by atomic mass is 32.1. The van der Waals surface area contributed by atoms with E-state index in [2.05, 4.69) is 115 Å². The van der Waals surface area contributed by atoms with Crippen molar-refractivity contribution in [1.82, 2.24) is 4.57 Å². The lowest BCUT2D eigenvalue weighted by atomic mass is 9.86. The van der Waals surface area contributed by atoms with E-state index in [9.17, 15) is 4.39 Å². The van der Waals surface area contributed by atoms with Crippen molar-refractivity contribution in [3.63, 3.8) is 0 Å². The van der Waals surface area contributed by atoms with Gasteiger partial charge in [0.25, 0.3) is 0 Å². The summed E-state index contributed by atoms with van der Waals surface area (Å²) in [4.78, 5) is 1.40. The van der Waals surface area contributed by atoms with Gasteiger partial charge in [0.05, 0.1) is 5.52 Å². The van der Waals surface area contributed by atoms with Crippen molar-refractivity contribution >= 4 is 32.3 Å². The summed E-state index contributed by atoms with van der Waals surface area (Å²) >= 11 is 1.89. The molecule has 0 N–H and O–H groups in total. The normalized spacial score (nSPS) is 14.4. The minimum absolute atomic E-state index is 0.199. The maximum atomic E-state index is 14.9. The number of nitrogens with zero attached hydrogens (tertiary/aromatic N) is 1. The molecule has 8 rings (SSSR count). The predicted molar refractivity (Wildman–Crippen MR) is 167 cm³/mol. The van der Waals surface area contributed by atoms with Gasteiger partial charge in [0.2, 0.25) is 0 Å². The molecule has 7 aromatic rings. The Hall–Kier alpha value is -4.47. The van der Waals surface area contributed by atoms with Crippen molar-refractivity contribution < 1.29 is 4.39 Å². The van der Waals surface area contributed by atoms with Crippen LogP contribution in [0.15, 0.2) is 121 Å². The van der Waals surface area contributed by atoms with Gasteiger partial charge in [-0.3, -0.25) is 0 Å². The highest BCUT2D eigenvalue weighted by Gasteiger charge is 2.32. The Morgan fingerprint density at radius 2 is 1.30 bits per heavy atom. The molecule has 1 aliphatic carbocycles. The molecule has 0 saturated heterocycles. The van der Waals surface area contributed by atoms with E-state index in [1.807, 2.05) is 17.4 Å². The summed E-state index contributed by atoms with van der Waals surface area (Å²) in [5.41, 5.74) is 10.6. The first kappa shape index (κ1) is 23.4. The molecule has 1 nitrogen and oxygen atoms in total. The van der Waals surface area contributed by atoms with E-state index in [4.69, 9.17) is 0 Å². The molecule has 0 radical (unpaired) electrons. The van der Waals surface area contributed by atoms with Crippen LogP contribution in [-0.2, 0) is 6.42 Å². The fourth-order valence-corrected chi connectivity index (χ4v) is 7.73. The maximum absolute atomic E-state index is 14.9. The van der Waals surface area contributed by atoms with Crippen LogP contribution >= 0.6 is 11.3 Å². The number of aromatic nitrogens is 1. The Labute approximate surface area is 236 Å². The SMILES string of the molecule is CC1Cc2c(c3cc(F)ccc3n2-c2cc(-c3ccccc3)cc(-c3ccccc3)c2)-c2c1sc1ccccc21. The van der Waals surface area contributed by atoms with Crippen LogP contribution in [0.3, 0.4) is 0 Å². The molecule has 40 heavy (non-hydrogen) atoms.